The van der Waals surface area contributed by atoms with Crippen LogP contribution >= 0.6 is 0 Å². The molecule has 0 aromatic carbocycles. The van der Waals surface area contributed by atoms with E-state index < -0.39 is 11.1 Å². The van der Waals surface area contributed by atoms with Crippen molar-refractivity contribution in [3.05, 3.63) is 23.8 Å². The summed E-state index contributed by atoms with van der Waals surface area (Å²) in [5, 5.41) is 11.9. The molecule has 1 saturated carbocycles. The highest BCUT2D eigenvalue weighted by molar-refractivity contribution is 5.96. The summed E-state index contributed by atoms with van der Waals surface area (Å²) in [6.07, 6.45) is 8.62. The summed E-state index contributed by atoms with van der Waals surface area (Å²) >= 11 is 0. The van der Waals surface area contributed by atoms with Gasteiger partial charge in [0.05, 0.1) is 29.5 Å². The topological polar surface area (TPSA) is 98.7 Å². The minimum Gasteiger partial charge on any atom is -0.390 e. The average Bonchev–Trinajstić information content (AvgIpc) is 2.93. The second kappa shape index (κ2) is 6.83. The van der Waals surface area contributed by atoms with Crippen molar-refractivity contribution in [2.45, 2.75) is 63.0 Å². The SMILES string of the molecule is Cc1cnc(C(=O)N2NC(=O)CC23CCCN(CCC2(O)CCC2)C3)cn1. The maximum Gasteiger partial charge on any atom is 0.293 e. The van der Waals surface area contributed by atoms with Crippen LogP contribution in [0, 0.1) is 6.92 Å². The van der Waals surface area contributed by atoms with E-state index in [2.05, 4.69) is 20.3 Å². The molecule has 1 aromatic rings. The number of aliphatic hydroxyl groups is 1. The highest BCUT2D eigenvalue weighted by atomic mass is 16.3. The number of carbonyl (C=O) groups is 2. The molecule has 2 N–H and O–H groups in total. The van der Waals surface area contributed by atoms with E-state index in [0.717, 1.165) is 57.3 Å². The van der Waals surface area contributed by atoms with Crippen LogP contribution in [0.25, 0.3) is 0 Å². The minimum absolute atomic E-state index is 0.136. The Kier molecular flexibility index (Phi) is 4.63. The third-order valence-electron chi connectivity index (χ3n) is 6.22. The lowest BCUT2D eigenvalue weighted by Gasteiger charge is -2.45. The molecule has 146 valence electrons. The van der Waals surface area contributed by atoms with Gasteiger partial charge < -0.3 is 10.0 Å². The second-order valence-electron chi connectivity index (χ2n) is 8.33. The molecule has 3 heterocycles. The van der Waals surface area contributed by atoms with E-state index in [-0.39, 0.29) is 17.5 Å². The fourth-order valence-corrected chi connectivity index (χ4v) is 4.47. The van der Waals surface area contributed by atoms with E-state index in [4.69, 9.17) is 0 Å². The first-order valence-electron chi connectivity index (χ1n) is 9.77. The number of amides is 2. The molecule has 8 nitrogen and oxygen atoms in total. The quantitative estimate of drug-likeness (QED) is 0.810. The zero-order valence-corrected chi connectivity index (χ0v) is 15.8. The minimum atomic E-state index is -0.554. The maximum absolute atomic E-state index is 13.0. The van der Waals surface area contributed by atoms with Gasteiger partial charge in [0.25, 0.3) is 5.91 Å². The van der Waals surface area contributed by atoms with Gasteiger partial charge in [-0.3, -0.25) is 20.0 Å². The molecule has 4 rings (SSSR count). The molecule has 1 aromatic heterocycles. The molecule has 8 heteroatoms. The number of hydrazine groups is 1. The van der Waals surface area contributed by atoms with Crippen molar-refractivity contribution in [2.24, 2.45) is 0 Å². The Morgan fingerprint density at radius 2 is 2.07 bits per heavy atom. The molecular formula is C19H27N5O3. The van der Waals surface area contributed by atoms with Gasteiger partial charge in [-0.15, -0.1) is 0 Å². The van der Waals surface area contributed by atoms with Gasteiger partial charge in [0.2, 0.25) is 5.91 Å². The summed E-state index contributed by atoms with van der Waals surface area (Å²) in [5.41, 5.74) is 2.66. The summed E-state index contributed by atoms with van der Waals surface area (Å²) < 4.78 is 0. The van der Waals surface area contributed by atoms with Crippen molar-refractivity contribution in [3.8, 4) is 0 Å². The average molecular weight is 373 g/mol. The van der Waals surface area contributed by atoms with E-state index in [0.29, 0.717) is 13.0 Å². The predicted molar refractivity (Wildman–Crippen MR) is 97.5 cm³/mol. The van der Waals surface area contributed by atoms with Gasteiger partial charge in [0.15, 0.2) is 0 Å². The van der Waals surface area contributed by atoms with Crippen LogP contribution < -0.4 is 5.43 Å². The monoisotopic (exact) mass is 373 g/mol. The van der Waals surface area contributed by atoms with Gasteiger partial charge in [-0.1, -0.05) is 0 Å². The highest BCUT2D eigenvalue weighted by Gasteiger charge is 2.50. The van der Waals surface area contributed by atoms with Crippen molar-refractivity contribution in [1.29, 1.82) is 0 Å². The first-order chi connectivity index (χ1) is 12.9. The molecule has 27 heavy (non-hydrogen) atoms. The lowest BCUT2D eigenvalue weighted by Crippen LogP contribution is -2.60. The molecule has 2 amide bonds. The van der Waals surface area contributed by atoms with E-state index in [1.165, 1.54) is 11.2 Å². The number of piperidine rings is 1. The number of aromatic nitrogens is 2. The van der Waals surface area contributed by atoms with Crippen molar-refractivity contribution in [2.75, 3.05) is 19.6 Å². The van der Waals surface area contributed by atoms with Crippen molar-refractivity contribution < 1.29 is 14.7 Å². The Morgan fingerprint density at radius 3 is 2.74 bits per heavy atom. The number of nitrogens with one attached hydrogen (secondary N) is 1. The van der Waals surface area contributed by atoms with Crippen molar-refractivity contribution >= 4 is 11.8 Å². The van der Waals surface area contributed by atoms with Gasteiger partial charge in [0, 0.05) is 19.3 Å². The smallest absolute Gasteiger partial charge is 0.293 e. The number of hydrogen-bond donors (Lipinski definition) is 2. The standard InChI is InChI=1S/C19H27N5O3/c1-14-11-21-15(12-20-14)17(26)24-18(10-16(25)22-24)4-3-8-23(13-18)9-7-19(27)5-2-6-19/h11-12,27H,2-10,13H2,1H3,(H,22,25). The fourth-order valence-electron chi connectivity index (χ4n) is 4.47. The predicted octanol–water partition coefficient (Wildman–Crippen LogP) is 0.802. The van der Waals surface area contributed by atoms with Crippen LogP contribution in [0.4, 0.5) is 0 Å². The van der Waals surface area contributed by atoms with E-state index in [9.17, 15) is 14.7 Å². The Balaban J connectivity index is 1.49. The Morgan fingerprint density at radius 1 is 1.26 bits per heavy atom. The molecule has 0 radical (unpaired) electrons. The van der Waals surface area contributed by atoms with E-state index in [1.807, 2.05) is 6.92 Å². The molecule has 1 atom stereocenters. The summed E-state index contributed by atoms with van der Waals surface area (Å²) in [7, 11) is 0. The van der Waals surface area contributed by atoms with Crippen LogP contribution in [0.1, 0.15) is 61.1 Å². The summed E-state index contributed by atoms with van der Waals surface area (Å²) in [4.78, 5) is 35.8. The number of rotatable bonds is 4. The number of hydrogen-bond acceptors (Lipinski definition) is 6. The summed E-state index contributed by atoms with van der Waals surface area (Å²) in [5.74, 6) is -0.448. The van der Waals surface area contributed by atoms with Crippen LogP contribution in [0.2, 0.25) is 0 Å². The number of likely N-dealkylation sites (tertiary alicyclic amines) is 1. The van der Waals surface area contributed by atoms with Gasteiger partial charge in [-0.25, -0.2) is 9.99 Å². The van der Waals surface area contributed by atoms with Crippen LogP contribution in [0.15, 0.2) is 12.4 Å². The first-order valence-corrected chi connectivity index (χ1v) is 9.77. The molecule has 2 saturated heterocycles. The number of aryl methyl sites for hydroxylation is 1. The molecule has 1 spiro atoms. The lowest BCUT2D eigenvalue weighted by molar-refractivity contribution is -0.120. The Hall–Kier alpha value is -2.06. The third kappa shape index (κ3) is 3.55. The largest absolute Gasteiger partial charge is 0.390 e. The van der Waals surface area contributed by atoms with Crippen molar-refractivity contribution in [3.63, 3.8) is 0 Å². The number of carbonyl (C=O) groups excluding carboxylic acids is 2. The van der Waals surface area contributed by atoms with Crippen LogP contribution in [-0.4, -0.2) is 67.6 Å². The second-order valence-corrected chi connectivity index (χ2v) is 8.33. The van der Waals surface area contributed by atoms with Crippen LogP contribution in [0.3, 0.4) is 0 Å². The fraction of sp³-hybridized carbons (Fsp3) is 0.684. The van der Waals surface area contributed by atoms with Gasteiger partial charge >= 0.3 is 0 Å². The van der Waals surface area contributed by atoms with E-state index >= 15 is 0 Å². The molecule has 2 aliphatic heterocycles. The van der Waals surface area contributed by atoms with Crippen LogP contribution in [-0.2, 0) is 4.79 Å². The normalized spacial score (nSPS) is 27.5. The molecular weight excluding hydrogens is 346 g/mol. The molecule has 1 aliphatic carbocycles. The lowest BCUT2D eigenvalue weighted by atomic mass is 9.77. The van der Waals surface area contributed by atoms with E-state index in [1.54, 1.807) is 6.20 Å². The van der Waals surface area contributed by atoms with Gasteiger partial charge in [0.1, 0.15) is 5.69 Å². The molecule has 3 fully saturated rings. The first kappa shape index (κ1) is 18.3. The summed E-state index contributed by atoms with van der Waals surface area (Å²) in [6, 6.07) is 0. The Bertz CT molecular complexity index is 733. The molecule has 1 unspecified atom stereocenters. The number of nitrogens with zero attached hydrogens (tertiary/aromatic N) is 4. The Labute approximate surface area is 158 Å². The zero-order valence-electron chi connectivity index (χ0n) is 15.8. The summed E-state index contributed by atoms with van der Waals surface area (Å²) in [6.45, 7) is 4.17. The van der Waals surface area contributed by atoms with Crippen LogP contribution in [0.5, 0.6) is 0 Å². The molecule has 0 bridgehead atoms. The van der Waals surface area contributed by atoms with Gasteiger partial charge in [-0.05, 0) is 52.0 Å². The zero-order chi connectivity index (χ0) is 19.1. The third-order valence-corrected chi connectivity index (χ3v) is 6.22. The van der Waals surface area contributed by atoms with Gasteiger partial charge in [-0.2, -0.15) is 0 Å². The highest BCUT2D eigenvalue weighted by Crippen LogP contribution is 2.37. The van der Waals surface area contributed by atoms with Crippen molar-refractivity contribution in [1.82, 2.24) is 25.3 Å². The molecule has 3 aliphatic rings. The maximum atomic E-state index is 13.0.